The summed E-state index contributed by atoms with van der Waals surface area (Å²) in [7, 11) is 0. The van der Waals surface area contributed by atoms with Gasteiger partial charge in [0.25, 0.3) is 0 Å². The molecule has 0 aliphatic heterocycles. The highest BCUT2D eigenvalue weighted by Crippen LogP contribution is 2.15. The molecule has 0 aromatic carbocycles. The van der Waals surface area contributed by atoms with Gasteiger partial charge < -0.3 is 15.7 Å². The minimum Gasteiger partial charge on any atom is -0.480 e. The molecule has 6 heteroatoms. The van der Waals surface area contributed by atoms with Crippen molar-refractivity contribution >= 4 is 23.3 Å². The summed E-state index contributed by atoms with van der Waals surface area (Å²) in [6.07, 6.45) is 0.705. The molecule has 1 aromatic heterocycles. The van der Waals surface area contributed by atoms with Gasteiger partial charge in [0.15, 0.2) is 0 Å². The topological polar surface area (TPSA) is 78.4 Å². The Hall–Kier alpha value is -1.56. The van der Waals surface area contributed by atoms with Gasteiger partial charge in [-0.2, -0.15) is 0 Å². The van der Waals surface area contributed by atoms with E-state index < -0.39 is 17.5 Å². The molecule has 1 aromatic rings. The highest BCUT2D eigenvalue weighted by Gasteiger charge is 2.36. The standard InChI is InChI=1S/C12H18N2O3S/c1-3-12(4-2,10(15)16)14-11(17)13-8-9-6-5-7-18-9/h5-7H,3-4,8H2,1-2H3,(H,15,16)(H2,13,14,17). The third-order valence-electron chi connectivity index (χ3n) is 2.97. The van der Waals surface area contributed by atoms with Crippen LogP contribution in [0.4, 0.5) is 4.79 Å². The maximum absolute atomic E-state index is 11.7. The average Bonchev–Trinajstić information content (AvgIpc) is 2.86. The van der Waals surface area contributed by atoms with Crippen molar-refractivity contribution in [1.82, 2.24) is 10.6 Å². The fraction of sp³-hybridized carbons (Fsp3) is 0.500. The van der Waals surface area contributed by atoms with Gasteiger partial charge in [-0.1, -0.05) is 19.9 Å². The molecule has 0 saturated heterocycles. The second kappa shape index (κ2) is 6.39. The molecular formula is C12H18N2O3S. The molecule has 1 rings (SSSR count). The van der Waals surface area contributed by atoms with Gasteiger partial charge in [-0.05, 0) is 24.3 Å². The molecule has 0 aliphatic carbocycles. The molecule has 1 heterocycles. The van der Waals surface area contributed by atoms with Crippen molar-refractivity contribution in [1.29, 1.82) is 0 Å². The van der Waals surface area contributed by atoms with Crippen LogP contribution in [0.15, 0.2) is 17.5 Å². The number of amides is 2. The van der Waals surface area contributed by atoms with Crippen LogP contribution in [0.1, 0.15) is 31.6 Å². The van der Waals surface area contributed by atoms with E-state index in [0.717, 1.165) is 4.88 Å². The van der Waals surface area contributed by atoms with E-state index in [0.29, 0.717) is 19.4 Å². The second-order valence-electron chi connectivity index (χ2n) is 3.98. The number of carboxylic acid groups (broad SMARTS) is 1. The van der Waals surface area contributed by atoms with Crippen LogP contribution in [0.2, 0.25) is 0 Å². The number of carbonyl (C=O) groups is 2. The first kappa shape index (κ1) is 14.5. The minimum atomic E-state index is -1.18. The van der Waals surface area contributed by atoms with Crippen LogP contribution in [0.5, 0.6) is 0 Å². The summed E-state index contributed by atoms with van der Waals surface area (Å²) < 4.78 is 0. The molecule has 0 radical (unpaired) electrons. The lowest BCUT2D eigenvalue weighted by Crippen LogP contribution is -2.56. The third-order valence-corrected chi connectivity index (χ3v) is 3.85. The minimum absolute atomic E-state index is 0.352. The van der Waals surface area contributed by atoms with Gasteiger partial charge in [0.2, 0.25) is 0 Å². The molecule has 3 N–H and O–H groups in total. The van der Waals surface area contributed by atoms with Crippen LogP contribution in [0.3, 0.4) is 0 Å². The van der Waals surface area contributed by atoms with E-state index in [1.165, 1.54) is 0 Å². The Labute approximate surface area is 110 Å². The smallest absolute Gasteiger partial charge is 0.329 e. The molecule has 0 atom stereocenters. The quantitative estimate of drug-likeness (QED) is 0.741. The Morgan fingerprint density at radius 1 is 1.39 bits per heavy atom. The first-order valence-corrected chi connectivity index (χ1v) is 6.74. The van der Waals surface area contributed by atoms with Crippen molar-refractivity contribution in [2.45, 2.75) is 38.8 Å². The van der Waals surface area contributed by atoms with E-state index in [4.69, 9.17) is 0 Å². The SMILES string of the molecule is CCC(CC)(NC(=O)NCc1cccs1)C(=O)O. The Kier molecular flexibility index (Phi) is 5.15. The molecule has 0 saturated carbocycles. The first-order chi connectivity index (χ1) is 8.54. The summed E-state index contributed by atoms with van der Waals surface area (Å²) in [5, 5.41) is 16.3. The Morgan fingerprint density at radius 3 is 2.50 bits per heavy atom. The number of rotatable bonds is 6. The average molecular weight is 270 g/mol. The lowest BCUT2D eigenvalue weighted by atomic mass is 9.93. The van der Waals surface area contributed by atoms with Gasteiger partial charge in [0, 0.05) is 4.88 Å². The number of nitrogens with one attached hydrogen (secondary N) is 2. The van der Waals surface area contributed by atoms with Crippen molar-refractivity contribution in [3.8, 4) is 0 Å². The van der Waals surface area contributed by atoms with Crippen molar-refractivity contribution in [2.24, 2.45) is 0 Å². The van der Waals surface area contributed by atoms with Crippen LogP contribution in [0, 0.1) is 0 Å². The monoisotopic (exact) mass is 270 g/mol. The molecule has 5 nitrogen and oxygen atoms in total. The first-order valence-electron chi connectivity index (χ1n) is 5.86. The van der Waals surface area contributed by atoms with Gasteiger partial charge in [-0.3, -0.25) is 0 Å². The summed E-state index contributed by atoms with van der Waals surface area (Å²) in [6.45, 7) is 3.90. The molecule has 0 unspecified atom stereocenters. The third kappa shape index (κ3) is 3.46. The van der Waals surface area contributed by atoms with E-state index >= 15 is 0 Å². The van der Waals surface area contributed by atoms with Crippen LogP contribution in [-0.4, -0.2) is 22.6 Å². The zero-order chi connectivity index (χ0) is 13.6. The normalized spacial score (nSPS) is 11.0. The molecule has 0 spiro atoms. The van der Waals surface area contributed by atoms with Gasteiger partial charge in [-0.25, -0.2) is 9.59 Å². The van der Waals surface area contributed by atoms with E-state index in [9.17, 15) is 14.7 Å². The van der Waals surface area contributed by atoms with Gasteiger partial charge in [0.05, 0.1) is 6.54 Å². The Bertz CT molecular complexity index is 399. The predicted molar refractivity (Wildman–Crippen MR) is 70.6 cm³/mol. The second-order valence-corrected chi connectivity index (χ2v) is 5.01. The maximum atomic E-state index is 11.7. The molecular weight excluding hydrogens is 252 g/mol. The largest absolute Gasteiger partial charge is 0.480 e. The lowest BCUT2D eigenvalue weighted by molar-refractivity contribution is -0.144. The van der Waals surface area contributed by atoms with Crippen LogP contribution in [0.25, 0.3) is 0 Å². The summed E-state index contributed by atoms with van der Waals surface area (Å²) in [5.41, 5.74) is -1.18. The van der Waals surface area contributed by atoms with Crippen LogP contribution >= 0.6 is 11.3 Å². The number of urea groups is 1. The predicted octanol–water partition coefficient (Wildman–Crippen LogP) is 2.19. The van der Waals surface area contributed by atoms with Gasteiger partial charge in [-0.15, -0.1) is 11.3 Å². The molecule has 18 heavy (non-hydrogen) atoms. The number of hydrogen-bond acceptors (Lipinski definition) is 3. The highest BCUT2D eigenvalue weighted by molar-refractivity contribution is 7.09. The molecule has 0 fully saturated rings. The summed E-state index contributed by atoms with van der Waals surface area (Å²) in [6, 6.07) is 3.36. The Balaban J connectivity index is 2.54. The van der Waals surface area contributed by atoms with Crippen molar-refractivity contribution < 1.29 is 14.7 Å². The highest BCUT2D eigenvalue weighted by atomic mass is 32.1. The lowest BCUT2D eigenvalue weighted by Gasteiger charge is -2.27. The van der Waals surface area contributed by atoms with E-state index in [-0.39, 0.29) is 0 Å². The zero-order valence-corrected chi connectivity index (χ0v) is 11.3. The van der Waals surface area contributed by atoms with E-state index in [1.807, 2.05) is 17.5 Å². The van der Waals surface area contributed by atoms with E-state index in [1.54, 1.807) is 25.2 Å². The van der Waals surface area contributed by atoms with Crippen LogP contribution in [-0.2, 0) is 11.3 Å². The van der Waals surface area contributed by atoms with Crippen molar-refractivity contribution in [3.05, 3.63) is 22.4 Å². The zero-order valence-electron chi connectivity index (χ0n) is 10.5. The maximum Gasteiger partial charge on any atom is 0.329 e. The molecule has 0 aliphatic rings. The van der Waals surface area contributed by atoms with Crippen molar-refractivity contribution in [3.63, 3.8) is 0 Å². The summed E-state index contributed by atoms with van der Waals surface area (Å²) in [5.74, 6) is -1.00. The van der Waals surface area contributed by atoms with Gasteiger partial charge >= 0.3 is 12.0 Å². The number of carboxylic acids is 1. The summed E-state index contributed by atoms with van der Waals surface area (Å²) in [4.78, 5) is 23.9. The number of aliphatic carboxylic acids is 1. The fourth-order valence-electron chi connectivity index (χ4n) is 1.62. The molecule has 0 bridgehead atoms. The number of thiophene rings is 1. The van der Waals surface area contributed by atoms with Crippen molar-refractivity contribution in [2.75, 3.05) is 0 Å². The molecule has 2 amide bonds. The van der Waals surface area contributed by atoms with Gasteiger partial charge in [0.1, 0.15) is 5.54 Å². The number of carbonyl (C=O) groups excluding carboxylic acids is 1. The fourth-order valence-corrected chi connectivity index (χ4v) is 2.27. The summed E-state index contributed by atoms with van der Waals surface area (Å²) >= 11 is 1.54. The van der Waals surface area contributed by atoms with E-state index in [2.05, 4.69) is 10.6 Å². The Morgan fingerprint density at radius 2 is 2.06 bits per heavy atom. The van der Waals surface area contributed by atoms with Crippen LogP contribution < -0.4 is 10.6 Å². The molecule has 100 valence electrons. The number of hydrogen-bond donors (Lipinski definition) is 3.